The third-order valence-electron chi connectivity index (χ3n) is 4.13. The Morgan fingerprint density at radius 2 is 1.79 bits per heavy atom. The highest BCUT2D eigenvalue weighted by Crippen LogP contribution is 2.17. The molecule has 134 valence electrons. The second kappa shape index (κ2) is 10.4. The zero-order chi connectivity index (χ0) is 18.1. The van der Waals surface area contributed by atoms with Crippen molar-refractivity contribution < 1.29 is 22.6 Å². The molecule has 1 aliphatic rings. The molecule has 5 nitrogen and oxygen atoms in total. The molecule has 1 N–H and O–H groups in total. The summed E-state index contributed by atoms with van der Waals surface area (Å²) in [5, 5.41) is 9.02. The first kappa shape index (κ1) is 21.4. The molecule has 1 fully saturated rings. The van der Waals surface area contributed by atoms with Crippen LogP contribution >= 0.6 is 22.6 Å². The molecule has 0 bridgehead atoms. The SMILES string of the molecule is Cc1ccc(S(=O)(=O)[O-])cc1.OCC[N+]1(CC#CI)CCCCC1. The number of rotatable bonds is 4. The Labute approximate surface area is 158 Å². The summed E-state index contributed by atoms with van der Waals surface area (Å²) in [6.45, 7) is 6.32. The van der Waals surface area contributed by atoms with Crippen LogP contribution in [0.3, 0.4) is 0 Å². The van der Waals surface area contributed by atoms with Crippen molar-refractivity contribution in [3.05, 3.63) is 29.8 Å². The molecule has 1 heterocycles. The quantitative estimate of drug-likeness (QED) is 0.321. The molecule has 1 aromatic rings. The lowest BCUT2D eigenvalue weighted by atomic mass is 10.1. The molecule has 24 heavy (non-hydrogen) atoms. The average Bonchev–Trinajstić information content (AvgIpc) is 2.54. The second-order valence-corrected chi connectivity index (χ2v) is 7.91. The van der Waals surface area contributed by atoms with E-state index in [9.17, 15) is 13.0 Å². The number of benzene rings is 1. The third-order valence-corrected chi connectivity index (χ3v) is 5.36. The fourth-order valence-electron chi connectivity index (χ4n) is 2.76. The van der Waals surface area contributed by atoms with Crippen LogP contribution in [0.15, 0.2) is 29.2 Å². The van der Waals surface area contributed by atoms with Crippen LogP contribution in [0, 0.1) is 16.8 Å². The smallest absolute Gasteiger partial charge is 0.141 e. The van der Waals surface area contributed by atoms with Crippen molar-refractivity contribution in [2.45, 2.75) is 31.1 Å². The van der Waals surface area contributed by atoms with E-state index in [2.05, 4.69) is 32.4 Å². The van der Waals surface area contributed by atoms with Crippen LogP contribution in [0.25, 0.3) is 0 Å². The van der Waals surface area contributed by atoms with Crippen molar-refractivity contribution in [1.82, 2.24) is 0 Å². The van der Waals surface area contributed by atoms with E-state index in [0.717, 1.165) is 23.1 Å². The van der Waals surface area contributed by atoms with Crippen molar-refractivity contribution in [3.8, 4) is 9.85 Å². The molecule has 1 saturated heterocycles. The van der Waals surface area contributed by atoms with Crippen LogP contribution in [-0.4, -0.2) is 55.3 Å². The maximum absolute atomic E-state index is 10.4. The number of hydrogen-bond acceptors (Lipinski definition) is 4. The van der Waals surface area contributed by atoms with Gasteiger partial charge in [0.05, 0.1) is 24.6 Å². The summed E-state index contributed by atoms with van der Waals surface area (Å²) in [6, 6.07) is 5.78. The molecule has 1 aromatic carbocycles. The van der Waals surface area contributed by atoms with Gasteiger partial charge in [-0.15, -0.1) is 0 Å². The van der Waals surface area contributed by atoms with Crippen molar-refractivity contribution in [1.29, 1.82) is 0 Å². The molecule has 1 aliphatic heterocycles. The Bertz CT molecular complexity index is 651. The third kappa shape index (κ3) is 7.49. The standard InChI is InChI=1S/C10H17INO.C7H8O3S/c11-5-4-8-12(9-10-13)6-2-1-3-7-12;1-6-2-4-7(5-3-6)11(8,9)10/h13H,1-3,6-10H2;2-5H,1H3,(H,8,9,10)/q+1;/p-1. The van der Waals surface area contributed by atoms with Gasteiger partial charge in [-0.1, -0.05) is 17.7 Å². The fourth-order valence-corrected chi connectivity index (χ4v) is 3.40. The minimum Gasteiger partial charge on any atom is -0.744 e. The van der Waals surface area contributed by atoms with Crippen LogP contribution < -0.4 is 0 Å². The summed E-state index contributed by atoms with van der Waals surface area (Å²) >= 11 is 2.09. The molecule has 2 rings (SSSR count). The average molecular weight is 465 g/mol. The second-order valence-electron chi connectivity index (χ2n) is 5.99. The Hall–Kier alpha value is -0.660. The van der Waals surface area contributed by atoms with Crippen molar-refractivity contribution >= 4 is 32.7 Å². The van der Waals surface area contributed by atoms with Gasteiger partial charge in [0.1, 0.15) is 23.2 Å². The van der Waals surface area contributed by atoms with E-state index in [0.29, 0.717) is 6.61 Å². The van der Waals surface area contributed by atoms with Crippen molar-refractivity contribution in [2.24, 2.45) is 0 Å². The first-order valence-electron chi connectivity index (χ1n) is 7.90. The van der Waals surface area contributed by atoms with Crippen LogP contribution in [0.4, 0.5) is 0 Å². The summed E-state index contributed by atoms with van der Waals surface area (Å²) in [5.74, 6) is 3.14. The number of aliphatic hydroxyl groups excluding tert-OH is 1. The molecule has 0 saturated carbocycles. The van der Waals surface area contributed by atoms with Gasteiger partial charge >= 0.3 is 0 Å². The molecular weight excluding hydrogens is 441 g/mol. The van der Waals surface area contributed by atoms with Gasteiger partial charge in [0, 0.05) is 22.6 Å². The molecule has 0 atom stereocenters. The van der Waals surface area contributed by atoms with E-state index in [1.165, 1.54) is 44.5 Å². The molecule has 0 aromatic heterocycles. The largest absolute Gasteiger partial charge is 0.744 e. The number of piperidine rings is 1. The number of nitrogens with zero attached hydrogens (tertiary/aromatic N) is 1. The predicted octanol–water partition coefficient (Wildman–Crippen LogP) is 2.27. The summed E-state index contributed by atoms with van der Waals surface area (Å²) in [6.07, 6.45) is 3.94. The molecule has 7 heteroatoms. The number of quaternary nitrogens is 1. The maximum atomic E-state index is 10.4. The minimum absolute atomic E-state index is 0.178. The Morgan fingerprint density at radius 1 is 1.21 bits per heavy atom. The van der Waals surface area contributed by atoms with E-state index in [1.807, 2.05) is 6.92 Å². The van der Waals surface area contributed by atoms with Crippen molar-refractivity contribution in [2.75, 3.05) is 32.8 Å². The molecule has 0 aliphatic carbocycles. The van der Waals surface area contributed by atoms with Gasteiger partial charge in [-0.25, -0.2) is 8.42 Å². The summed E-state index contributed by atoms with van der Waals surface area (Å²) in [4.78, 5) is -0.178. The normalized spacial score (nSPS) is 16.3. The molecule has 0 spiro atoms. The van der Waals surface area contributed by atoms with Crippen LogP contribution in [0.1, 0.15) is 24.8 Å². The molecule has 0 amide bonds. The van der Waals surface area contributed by atoms with Crippen molar-refractivity contribution in [3.63, 3.8) is 0 Å². The van der Waals surface area contributed by atoms with Gasteiger partial charge in [0.15, 0.2) is 0 Å². The number of likely N-dealkylation sites (tertiary alicyclic amines) is 1. The summed E-state index contributed by atoms with van der Waals surface area (Å²) < 4.78 is 35.1. The summed E-state index contributed by atoms with van der Waals surface area (Å²) in [7, 11) is -4.27. The number of aryl methyl sites for hydroxylation is 1. The van der Waals surface area contributed by atoms with E-state index < -0.39 is 10.1 Å². The van der Waals surface area contributed by atoms with Crippen LogP contribution in [0.2, 0.25) is 0 Å². The zero-order valence-electron chi connectivity index (χ0n) is 13.9. The highest BCUT2D eigenvalue weighted by Gasteiger charge is 2.27. The van der Waals surface area contributed by atoms with Gasteiger partial charge in [-0.2, -0.15) is 0 Å². The first-order chi connectivity index (χ1) is 11.3. The van der Waals surface area contributed by atoms with Crippen LogP contribution in [-0.2, 0) is 10.1 Å². The Balaban J connectivity index is 0.000000243. The summed E-state index contributed by atoms with van der Waals surface area (Å²) in [5.41, 5.74) is 0.928. The van der Waals surface area contributed by atoms with Gasteiger partial charge in [0.25, 0.3) is 0 Å². The topological polar surface area (TPSA) is 77.4 Å². The van der Waals surface area contributed by atoms with Gasteiger partial charge in [-0.05, 0) is 48.2 Å². The first-order valence-corrected chi connectivity index (χ1v) is 10.4. The Kier molecular flexibility index (Phi) is 9.23. The predicted molar refractivity (Wildman–Crippen MR) is 102 cm³/mol. The zero-order valence-corrected chi connectivity index (χ0v) is 16.8. The number of aliphatic hydroxyl groups is 1. The van der Waals surface area contributed by atoms with Gasteiger partial charge < -0.3 is 14.1 Å². The van der Waals surface area contributed by atoms with Gasteiger partial charge in [0.2, 0.25) is 0 Å². The monoisotopic (exact) mass is 465 g/mol. The molecular formula is C17H24INO4S. The Morgan fingerprint density at radius 3 is 2.25 bits per heavy atom. The van der Waals surface area contributed by atoms with Gasteiger partial charge in [-0.3, -0.25) is 0 Å². The highest BCUT2D eigenvalue weighted by atomic mass is 127. The highest BCUT2D eigenvalue weighted by molar-refractivity contribution is 14.1. The lowest BCUT2D eigenvalue weighted by Crippen LogP contribution is -2.53. The van der Waals surface area contributed by atoms with E-state index in [4.69, 9.17) is 5.11 Å². The lowest BCUT2D eigenvalue weighted by Gasteiger charge is -2.39. The van der Waals surface area contributed by atoms with Crippen LogP contribution in [0.5, 0.6) is 0 Å². The maximum Gasteiger partial charge on any atom is 0.141 e. The number of hydrogen-bond donors (Lipinski definition) is 1. The van der Waals surface area contributed by atoms with E-state index in [-0.39, 0.29) is 4.90 Å². The molecule has 0 radical (unpaired) electrons. The van der Waals surface area contributed by atoms with E-state index in [1.54, 1.807) is 12.1 Å². The van der Waals surface area contributed by atoms with E-state index >= 15 is 0 Å². The molecule has 0 unspecified atom stereocenters. The lowest BCUT2D eigenvalue weighted by molar-refractivity contribution is -0.926. The fraction of sp³-hybridized carbons (Fsp3) is 0.529. The number of halogens is 1. The minimum atomic E-state index is -4.27.